The third kappa shape index (κ3) is 2.06. The van der Waals surface area contributed by atoms with Gasteiger partial charge in [0.05, 0.1) is 5.38 Å². The number of aldehydes is 1. The van der Waals surface area contributed by atoms with Gasteiger partial charge in [-0.3, -0.25) is 0 Å². The van der Waals surface area contributed by atoms with Crippen molar-refractivity contribution >= 4 is 39.3 Å². The number of thiophene rings is 1. The molecule has 0 aliphatic carbocycles. The maximum absolute atomic E-state index is 10.4. The van der Waals surface area contributed by atoms with Gasteiger partial charge in [-0.2, -0.15) is 0 Å². The summed E-state index contributed by atoms with van der Waals surface area (Å²) in [6.07, 6.45) is 1.25. The zero-order valence-corrected chi connectivity index (χ0v) is 9.94. The summed E-state index contributed by atoms with van der Waals surface area (Å²) in [4.78, 5) is 10.4. The van der Waals surface area contributed by atoms with Crippen molar-refractivity contribution in [3.05, 3.63) is 34.7 Å². The van der Waals surface area contributed by atoms with Crippen LogP contribution in [0.1, 0.15) is 22.9 Å². The van der Waals surface area contributed by atoms with E-state index < -0.39 is 0 Å². The first-order valence-electron chi connectivity index (χ1n) is 4.78. The zero-order valence-electron chi connectivity index (χ0n) is 8.37. The Morgan fingerprint density at radius 3 is 3.07 bits per heavy atom. The molecule has 1 atom stereocenters. The van der Waals surface area contributed by atoms with Crippen LogP contribution in [-0.2, 0) is 4.79 Å². The summed E-state index contributed by atoms with van der Waals surface area (Å²) in [5.41, 5.74) is 2.30. The molecule has 0 radical (unpaired) electrons. The quantitative estimate of drug-likeness (QED) is 0.582. The highest BCUT2D eigenvalue weighted by Crippen LogP contribution is 2.35. The van der Waals surface area contributed by atoms with E-state index in [1.54, 1.807) is 11.3 Å². The van der Waals surface area contributed by atoms with Crippen molar-refractivity contribution in [2.45, 2.75) is 18.7 Å². The van der Waals surface area contributed by atoms with Gasteiger partial charge in [-0.25, -0.2) is 0 Å². The van der Waals surface area contributed by atoms with Crippen molar-refractivity contribution < 1.29 is 4.79 Å². The highest BCUT2D eigenvalue weighted by molar-refractivity contribution is 7.17. The maximum atomic E-state index is 10.4. The smallest absolute Gasteiger partial charge is 0.121 e. The number of hydrogen-bond acceptors (Lipinski definition) is 2. The van der Waals surface area contributed by atoms with Crippen LogP contribution in [0.5, 0.6) is 0 Å². The number of hydrogen-bond donors (Lipinski definition) is 0. The average Bonchev–Trinajstić information content (AvgIpc) is 2.60. The molecule has 1 unspecified atom stereocenters. The van der Waals surface area contributed by atoms with Gasteiger partial charge in [0.1, 0.15) is 6.29 Å². The van der Waals surface area contributed by atoms with Gasteiger partial charge in [0.25, 0.3) is 0 Å². The molecule has 0 saturated heterocycles. The fraction of sp³-hybridized carbons (Fsp3) is 0.250. The molecule has 0 aliphatic heterocycles. The van der Waals surface area contributed by atoms with Gasteiger partial charge < -0.3 is 4.79 Å². The van der Waals surface area contributed by atoms with Crippen LogP contribution in [0.3, 0.4) is 0 Å². The first-order chi connectivity index (χ1) is 7.22. The van der Waals surface area contributed by atoms with Gasteiger partial charge in [0.15, 0.2) is 0 Å². The van der Waals surface area contributed by atoms with Gasteiger partial charge >= 0.3 is 0 Å². The molecule has 1 heterocycles. The van der Waals surface area contributed by atoms with E-state index in [4.69, 9.17) is 11.6 Å². The Labute approximate surface area is 97.7 Å². The highest BCUT2D eigenvalue weighted by atomic mass is 35.5. The lowest BCUT2D eigenvalue weighted by molar-refractivity contribution is -0.107. The molecule has 0 fully saturated rings. The van der Waals surface area contributed by atoms with Crippen LogP contribution in [0.25, 0.3) is 10.1 Å². The minimum atomic E-state index is -0.196. The number of halogens is 1. The topological polar surface area (TPSA) is 17.1 Å². The molecule has 0 amide bonds. The Kier molecular flexibility index (Phi) is 3.08. The molecule has 0 saturated carbocycles. The van der Waals surface area contributed by atoms with Crippen molar-refractivity contribution in [1.29, 1.82) is 0 Å². The summed E-state index contributed by atoms with van der Waals surface area (Å²) in [5.74, 6) is 0. The number of benzene rings is 1. The van der Waals surface area contributed by atoms with Crippen molar-refractivity contribution in [3.8, 4) is 0 Å². The molecule has 15 heavy (non-hydrogen) atoms. The fourth-order valence-corrected chi connectivity index (χ4v) is 2.94. The van der Waals surface area contributed by atoms with E-state index in [1.807, 2.05) is 5.38 Å². The molecule has 2 aromatic rings. The predicted molar refractivity (Wildman–Crippen MR) is 65.8 cm³/mol. The van der Waals surface area contributed by atoms with Gasteiger partial charge in [-0.05, 0) is 29.3 Å². The molecule has 1 aromatic heterocycles. The largest absolute Gasteiger partial charge is 0.303 e. The minimum absolute atomic E-state index is 0.196. The monoisotopic (exact) mass is 238 g/mol. The van der Waals surface area contributed by atoms with Crippen molar-refractivity contribution in [3.63, 3.8) is 0 Å². The Hall–Kier alpha value is -0.860. The maximum Gasteiger partial charge on any atom is 0.121 e. The lowest BCUT2D eigenvalue weighted by atomic mass is 10.1. The van der Waals surface area contributed by atoms with Crippen LogP contribution in [0.15, 0.2) is 23.6 Å². The Morgan fingerprint density at radius 2 is 2.33 bits per heavy atom. The molecule has 1 nitrogen and oxygen atoms in total. The highest BCUT2D eigenvalue weighted by Gasteiger charge is 2.12. The summed E-state index contributed by atoms with van der Waals surface area (Å²) in [6.45, 7) is 2.06. The van der Waals surface area contributed by atoms with E-state index in [0.717, 1.165) is 11.8 Å². The summed E-state index contributed by atoms with van der Waals surface area (Å²) >= 11 is 7.83. The molecular weight excluding hydrogens is 228 g/mol. The number of carbonyl (C=O) groups excluding carboxylic acids is 1. The first-order valence-corrected chi connectivity index (χ1v) is 6.09. The van der Waals surface area contributed by atoms with Crippen LogP contribution < -0.4 is 0 Å². The Morgan fingerprint density at radius 1 is 1.53 bits per heavy atom. The van der Waals surface area contributed by atoms with Gasteiger partial charge in [-0.1, -0.05) is 17.7 Å². The second-order valence-corrected chi connectivity index (χ2v) is 5.00. The second-order valence-electron chi connectivity index (χ2n) is 3.56. The van der Waals surface area contributed by atoms with E-state index in [1.165, 1.54) is 15.6 Å². The minimum Gasteiger partial charge on any atom is -0.303 e. The lowest BCUT2D eigenvalue weighted by Gasteiger charge is -2.04. The van der Waals surface area contributed by atoms with E-state index in [0.29, 0.717) is 6.42 Å². The van der Waals surface area contributed by atoms with E-state index in [9.17, 15) is 4.79 Å². The van der Waals surface area contributed by atoms with E-state index in [-0.39, 0.29) is 5.38 Å². The molecule has 78 valence electrons. The third-order valence-electron chi connectivity index (χ3n) is 2.40. The summed E-state index contributed by atoms with van der Waals surface area (Å²) in [7, 11) is 0. The van der Waals surface area contributed by atoms with Crippen LogP contribution in [0.2, 0.25) is 0 Å². The first kappa shape index (κ1) is 10.7. The Bertz CT molecular complexity index is 489. The van der Waals surface area contributed by atoms with Gasteiger partial charge in [0.2, 0.25) is 0 Å². The number of aryl methyl sites for hydroxylation is 1. The molecule has 0 N–H and O–H groups in total. The normalized spacial score (nSPS) is 12.9. The van der Waals surface area contributed by atoms with Crippen LogP contribution in [0.4, 0.5) is 0 Å². The SMILES string of the molecule is Cc1ccc2scc(C(Cl)CC=O)c2c1. The molecule has 1 aromatic carbocycles. The molecule has 3 heteroatoms. The molecule has 0 aliphatic rings. The zero-order chi connectivity index (χ0) is 10.8. The fourth-order valence-electron chi connectivity index (χ4n) is 1.62. The van der Waals surface area contributed by atoms with Gasteiger partial charge in [-0.15, -0.1) is 22.9 Å². The van der Waals surface area contributed by atoms with Crippen LogP contribution >= 0.6 is 22.9 Å². The average molecular weight is 239 g/mol. The van der Waals surface area contributed by atoms with Crippen LogP contribution in [-0.4, -0.2) is 6.29 Å². The number of fused-ring (bicyclic) bond motifs is 1. The van der Waals surface area contributed by atoms with Gasteiger partial charge in [0, 0.05) is 11.1 Å². The number of rotatable bonds is 3. The van der Waals surface area contributed by atoms with Crippen molar-refractivity contribution in [2.24, 2.45) is 0 Å². The molecular formula is C12H11ClOS. The summed E-state index contributed by atoms with van der Waals surface area (Å²) in [6, 6.07) is 6.32. The lowest BCUT2D eigenvalue weighted by Crippen LogP contribution is -1.89. The second kappa shape index (κ2) is 4.33. The standard InChI is InChI=1S/C12H11ClOS/c1-8-2-3-12-9(6-8)10(7-15-12)11(13)4-5-14/h2-3,5-7,11H,4H2,1H3. The van der Waals surface area contributed by atoms with E-state index in [2.05, 4.69) is 25.1 Å². The summed E-state index contributed by atoms with van der Waals surface area (Å²) in [5, 5.41) is 3.03. The molecule has 0 bridgehead atoms. The van der Waals surface area contributed by atoms with Crippen LogP contribution in [0, 0.1) is 6.92 Å². The molecule has 0 spiro atoms. The molecule has 2 rings (SSSR count). The number of alkyl halides is 1. The predicted octanol–water partition coefficient (Wildman–Crippen LogP) is 4.08. The van der Waals surface area contributed by atoms with Crippen molar-refractivity contribution in [1.82, 2.24) is 0 Å². The Balaban J connectivity index is 2.51. The van der Waals surface area contributed by atoms with Crippen molar-refractivity contribution in [2.75, 3.05) is 0 Å². The third-order valence-corrected chi connectivity index (χ3v) is 3.79. The van der Waals surface area contributed by atoms with E-state index >= 15 is 0 Å². The number of carbonyl (C=O) groups is 1. The summed E-state index contributed by atoms with van der Waals surface area (Å²) < 4.78 is 1.23.